The third-order valence-electron chi connectivity index (χ3n) is 3.51. The number of allylic oxidation sites excluding steroid dienone is 1. The van der Waals surface area contributed by atoms with Crippen molar-refractivity contribution in [3.8, 4) is 17.2 Å². The summed E-state index contributed by atoms with van der Waals surface area (Å²) in [4.78, 5) is 12.3. The van der Waals surface area contributed by atoms with E-state index in [2.05, 4.69) is 0 Å². The topological polar surface area (TPSA) is 44.8 Å². The van der Waals surface area contributed by atoms with Gasteiger partial charge in [0.2, 0.25) is 0 Å². The van der Waals surface area contributed by atoms with Crippen molar-refractivity contribution >= 4 is 11.9 Å². The van der Waals surface area contributed by atoms with Crippen molar-refractivity contribution in [3.05, 3.63) is 59.2 Å². The average Bonchev–Trinajstić information content (AvgIpc) is 2.59. The molecule has 0 fully saturated rings. The molecule has 0 spiro atoms. The molecule has 0 N–H and O–H groups in total. The first-order valence-electron chi connectivity index (χ1n) is 7.18. The summed E-state index contributed by atoms with van der Waals surface area (Å²) in [5.41, 5.74) is 2.51. The van der Waals surface area contributed by atoms with Gasteiger partial charge in [0, 0.05) is 5.56 Å². The Morgan fingerprint density at radius 3 is 2.13 bits per heavy atom. The number of hydrogen-bond acceptors (Lipinski definition) is 4. The summed E-state index contributed by atoms with van der Waals surface area (Å²) in [7, 11) is 4.74. The number of carbonyl (C=O) groups is 1. The highest BCUT2D eigenvalue weighted by Crippen LogP contribution is 2.28. The summed E-state index contributed by atoms with van der Waals surface area (Å²) in [6.45, 7) is 1.96. The van der Waals surface area contributed by atoms with Crippen LogP contribution < -0.4 is 14.2 Å². The van der Waals surface area contributed by atoms with Crippen molar-refractivity contribution < 1.29 is 19.0 Å². The summed E-state index contributed by atoms with van der Waals surface area (Å²) in [5, 5.41) is 0. The van der Waals surface area contributed by atoms with Crippen molar-refractivity contribution in [3.63, 3.8) is 0 Å². The molecule has 0 saturated carbocycles. The lowest BCUT2D eigenvalue weighted by Gasteiger charge is -2.08. The van der Waals surface area contributed by atoms with Gasteiger partial charge in [-0.25, -0.2) is 0 Å². The van der Waals surface area contributed by atoms with Crippen molar-refractivity contribution in [1.29, 1.82) is 0 Å². The van der Waals surface area contributed by atoms with E-state index in [-0.39, 0.29) is 5.78 Å². The second-order valence-electron chi connectivity index (χ2n) is 5.00. The predicted octanol–water partition coefficient (Wildman–Crippen LogP) is 3.92. The average molecular weight is 312 g/mol. The lowest BCUT2D eigenvalue weighted by Crippen LogP contribution is -1.97. The molecular formula is C19H20O4. The molecule has 2 aromatic carbocycles. The number of ether oxygens (including phenoxy) is 3. The van der Waals surface area contributed by atoms with Gasteiger partial charge in [0.05, 0.1) is 21.3 Å². The predicted molar refractivity (Wildman–Crippen MR) is 90.6 cm³/mol. The van der Waals surface area contributed by atoms with Crippen molar-refractivity contribution in [2.75, 3.05) is 21.3 Å². The highest BCUT2D eigenvalue weighted by Gasteiger charge is 2.08. The molecule has 0 saturated heterocycles. The number of benzene rings is 2. The molecule has 0 aromatic heterocycles. The molecule has 0 aliphatic carbocycles. The SMILES string of the molecule is COc1ccc(C=CC(=O)c2ccc(OC)c(OC)c2)cc1C. The van der Waals surface area contributed by atoms with E-state index in [1.165, 1.54) is 0 Å². The van der Waals surface area contributed by atoms with E-state index in [9.17, 15) is 4.79 Å². The van der Waals surface area contributed by atoms with Gasteiger partial charge in [0.1, 0.15) is 5.75 Å². The van der Waals surface area contributed by atoms with E-state index in [0.29, 0.717) is 17.1 Å². The van der Waals surface area contributed by atoms with Crippen LogP contribution in [0.1, 0.15) is 21.5 Å². The molecule has 0 amide bonds. The standard InChI is InChI=1S/C19H20O4/c1-13-11-14(6-9-17(13)21-2)5-8-16(20)15-7-10-18(22-3)19(12-15)23-4/h5-12H,1-4H3. The molecule has 2 aromatic rings. The molecule has 23 heavy (non-hydrogen) atoms. The summed E-state index contributed by atoms with van der Waals surface area (Å²) < 4.78 is 15.6. The molecule has 0 aliphatic heterocycles. The fraction of sp³-hybridized carbons (Fsp3) is 0.211. The molecular weight excluding hydrogens is 292 g/mol. The Hall–Kier alpha value is -2.75. The number of hydrogen-bond donors (Lipinski definition) is 0. The largest absolute Gasteiger partial charge is 0.496 e. The minimum atomic E-state index is -0.0978. The first kappa shape index (κ1) is 16.6. The van der Waals surface area contributed by atoms with Gasteiger partial charge in [-0.3, -0.25) is 4.79 Å². The van der Waals surface area contributed by atoms with Crippen LogP contribution in [0.4, 0.5) is 0 Å². The molecule has 0 atom stereocenters. The van der Waals surface area contributed by atoms with Crippen LogP contribution in [0, 0.1) is 6.92 Å². The zero-order chi connectivity index (χ0) is 16.8. The summed E-state index contributed by atoms with van der Waals surface area (Å²) in [6, 6.07) is 10.9. The minimum Gasteiger partial charge on any atom is -0.496 e. The maximum absolute atomic E-state index is 12.3. The highest BCUT2D eigenvalue weighted by molar-refractivity contribution is 6.07. The molecule has 0 unspecified atom stereocenters. The van der Waals surface area contributed by atoms with Crippen LogP contribution in [0.5, 0.6) is 17.2 Å². The lowest BCUT2D eigenvalue weighted by atomic mass is 10.1. The number of rotatable bonds is 6. The van der Waals surface area contributed by atoms with E-state index in [0.717, 1.165) is 16.9 Å². The number of methoxy groups -OCH3 is 3. The molecule has 0 bridgehead atoms. The van der Waals surface area contributed by atoms with Crippen molar-refractivity contribution in [2.24, 2.45) is 0 Å². The highest BCUT2D eigenvalue weighted by atomic mass is 16.5. The molecule has 4 heteroatoms. The van der Waals surface area contributed by atoms with Crippen LogP contribution in [0.15, 0.2) is 42.5 Å². The Bertz CT molecular complexity index is 732. The van der Waals surface area contributed by atoms with E-state index < -0.39 is 0 Å². The monoisotopic (exact) mass is 312 g/mol. The first-order chi connectivity index (χ1) is 11.1. The Morgan fingerprint density at radius 1 is 0.870 bits per heavy atom. The maximum Gasteiger partial charge on any atom is 0.185 e. The third kappa shape index (κ3) is 3.92. The van der Waals surface area contributed by atoms with Gasteiger partial charge < -0.3 is 14.2 Å². The smallest absolute Gasteiger partial charge is 0.185 e. The normalized spacial score (nSPS) is 10.6. The maximum atomic E-state index is 12.3. The van der Waals surface area contributed by atoms with Gasteiger partial charge in [-0.2, -0.15) is 0 Å². The molecule has 4 nitrogen and oxygen atoms in total. The molecule has 2 rings (SSSR count). The van der Waals surface area contributed by atoms with E-state index in [1.54, 1.807) is 51.7 Å². The summed E-state index contributed by atoms with van der Waals surface area (Å²) in [6.07, 6.45) is 3.33. The molecule has 120 valence electrons. The fourth-order valence-electron chi connectivity index (χ4n) is 2.26. The fourth-order valence-corrected chi connectivity index (χ4v) is 2.26. The minimum absolute atomic E-state index is 0.0978. The van der Waals surface area contributed by atoms with Crippen LogP contribution in [0.2, 0.25) is 0 Å². The number of ketones is 1. The summed E-state index contributed by atoms with van der Waals surface area (Å²) >= 11 is 0. The van der Waals surface area contributed by atoms with Gasteiger partial charge in [-0.15, -0.1) is 0 Å². The Morgan fingerprint density at radius 2 is 1.52 bits per heavy atom. The molecule has 0 radical (unpaired) electrons. The zero-order valence-electron chi connectivity index (χ0n) is 13.8. The van der Waals surface area contributed by atoms with Crippen LogP contribution in [-0.4, -0.2) is 27.1 Å². The van der Waals surface area contributed by atoms with Gasteiger partial charge in [-0.1, -0.05) is 12.1 Å². The second kappa shape index (κ2) is 7.49. The van der Waals surface area contributed by atoms with Gasteiger partial charge in [0.15, 0.2) is 17.3 Å². The quantitative estimate of drug-likeness (QED) is 0.599. The van der Waals surface area contributed by atoms with Crippen LogP contribution in [0.25, 0.3) is 6.08 Å². The van der Waals surface area contributed by atoms with Gasteiger partial charge >= 0.3 is 0 Å². The Labute approximate surface area is 136 Å². The van der Waals surface area contributed by atoms with Crippen LogP contribution in [-0.2, 0) is 0 Å². The number of carbonyl (C=O) groups excluding carboxylic acids is 1. The number of aryl methyl sites for hydroxylation is 1. The van der Waals surface area contributed by atoms with Crippen molar-refractivity contribution in [1.82, 2.24) is 0 Å². The van der Waals surface area contributed by atoms with Crippen molar-refractivity contribution in [2.45, 2.75) is 6.92 Å². The lowest BCUT2D eigenvalue weighted by molar-refractivity contribution is 0.104. The van der Waals surface area contributed by atoms with E-state index in [1.807, 2.05) is 25.1 Å². The molecule has 0 aliphatic rings. The second-order valence-corrected chi connectivity index (χ2v) is 5.00. The van der Waals surface area contributed by atoms with Crippen LogP contribution in [0.3, 0.4) is 0 Å². The van der Waals surface area contributed by atoms with Crippen LogP contribution >= 0.6 is 0 Å². The van der Waals surface area contributed by atoms with E-state index in [4.69, 9.17) is 14.2 Å². The zero-order valence-corrected chi connectivity index (χ0v) is 13.8. The Kier molecular flexibility index (Phi) is 5.41. The molecule has 0 heterocycles. The summed E-state index contributed by atoms with van der Waals surface area (Å²) in [5.74, 6) is 1.86. The first-order valence-corrected chi connectivity index (χ1v) is 7.18. The van der Waals surface area contributed by atoms with Gasteiger partial charge in [-0.05, 0) is 54.5 Å². The van der Waals surface area contributed by atoms with Gasteiger partial charge in [0.25, 0.3) is 0 Å². The third-order valence-corrected chi connectivity index (χ3v) is 3.51. The Balaban J connectivity index is 2.19. The van der Waals surface area contributed by atoms with E-state index >= 15 is 0 Å².